The third-order valence-electron chi connectivity index (χ3n) is 2.94. The summed E-state index contributed by atoms with van der Waals surface area (Å²) in [6.07, 6.45) is 6.04. The van der Waals surface area contributed by atoms with Crippen LogP contribution in [-0.4, -0.2) is 39.6 Å². The molecule has 0 N–H and O–H groups in total. The second kappa shape index (κ2) is 5.77. The molecule has 0 aliphatic carbocycles. The van der Waals surface area contributed by atoms with E-state index >= 15 is 0 Å². The standard InChI is InChI=1S/C13H20N4/c1-3-8-16(2)9-5-10-17-11-15-13-12(17)6-4-7-14-13/h4,6-7,11H,3,5,8-10H2,1-2H3. The van der Waals surface area contributed by atoms with Crippen LogP contribution in [0.5, 0.6) is 0 Å². The Kier molecular flexibility index (Phi) is 4.09. The summed E-state index contributed by atoms with van der Waals surface area (Å²) in [6.45, 7) is 5.53. The van der Waals surface area contributed by atoms with Gasteiger partial charge in [-0.05, 0) is 45.1 Å². The molecule has 0 unspecified atom stereocenters. The molecule has 0 atom stereocenters. The molecule has 4 nitrogen and oxygen atoms in total. The summed E-state index contributed by atoms with van der Waals surface area (Å²) in [5, 5.41) is 0. The number of pyridine rings is 1. The number of aromatic nitrogens is 3. The molecular formula is C13H20N4. The average molecular weight is 232 g/mol. The normalized spacial score (nSPS) is 11.5. The maximum atomic E-state index is 4.29. The van der Waals surface area contributed by atoms with Crippen molar-refractivity contribution < 1.29 is 0 Å². The third kappa shape index (κ3) is 3.03. The number of imidazole rings is 1. The average Bonchev–Trinajstić information content (AvgIpc) is 2.73. The zero-order valence-corrected chi connectivity index (χ0v) is 10.6. The molecule has 0 spiro atoms. The first-order chi connectivity index (χ1) is 8.31. The molecule has 17 heavy (non-hydrogen) atoms. The first kappa shape index (κ1) is 12.0. The van der Waals surface area contributed by atoms with Gasteiger partial charge in [0.1, 0.15) is 0 Å². The van der Waals surface area contributed by atoms with Crippen LogP contribution in [0.15, 0.2) is 24.7 Å². The van der Waals surface area contributed by atoms with Gasteiger partial charge in [-0.25, -0.2) is 9.97 Å². The SMILES string of the molecule is CCCN(C)CCCn1cnc2ncccc21. The first-order valence-electron chi connectivity index (χ1n) is 6.25. The minimum absolute atomic E-state index is 0.842. The fraction of sp³-hybridized carbons (Fsp3) is 0.538. The van der Waals surface area contributed by atoms with Gasteiger partial charge in [-0.1, -0.05) is 6.92 Å². The smallest absolute Gasteiger partial charge is 0.177 e. The highest BCUT2D eigenvalue weighted by Crippen LogP contribution is 2.09. The molecule has 2 rings (SSSR count). The van der Waals surface area contributed by atoms with E-state index in [0.717, 1.165) is 30.7 Å². The number of aryl methyl sites for hydroxylation is 1. The Bertz CT molecular complexity index is 463. The van der Waals surface area contributed by atoms with Crippen LogP contribution in [0.3, 0.4) is 0 Å². The van der Waals surface area contributed by atoms with E-state index in [0.29, 0.717) is 0 Å². The molecular weight excluding hydrogens is 212 g/mol. The largest absolute Gasteiger partial charge is 0.329 e. The van der Waals surface area contributed by atoms with Gasteiger partial charge < -0.3 is 9.47 Å². The zero-order chi connectivity index (χ0) is 12.1. The lowest BCUT2D eigenvalue weighted by atomic mass is 10.3. The lowest BCUT2D eigenvalue weighted by Crippen LogP contribution is -2.21. The van der Waals surface area contributed by atoms with E-state index in [1.54, 1.807) is 6.20 Å². The molecule has 0 aliphatic rings. The molecule has 0 radical (unpaired) electrons. The minimum atomic E-state index is 0.842. The van der Waals surface area contributed by atoms with Gasteiger partial charge in [-0.3, -0.25) is 0 Å². The van der Waals surface area contributed by atoms with E-state index < -0.39 is 0 Å². The summed E-state index contributed by atoms with van der Waals surface area (Å²) in [5.41, 5.74) is 1.97. The van der Waals surface area contributed by atoms with Crippen LogP contribution in [0.1, 0.15) is 19.8 Å². The van der Waals surface area contributed by atoms with Crippen LogP contribution < -0.4 is 0 Å². The van der Waals surface area contributed by atoms with Crippen LogP contribution in [0, 0.1) is 0 Å². The van der Waals surface area contributed by atoms with Crippen molar-refractivity contribution in [1.82, 2.24) is 19.4 Å². The summed E-state index contributed by atoms with van der Waals surface area (Å²) >= 11 is 0. The predicted octanol–water partition coefficient (Wildman–Crippen LogP) is 2.16. The quantitative estimate of drug-likeness (QED) is 0.765. The van der Waals surface area contributed by atoms with Gasteiger partial charge in [0.2, 0.25) is 0 Å². The van der Waals surface area contributed by atoms with Crippen LogP contribution in [0.25, 0.3) is 11.2 Å². The van der Waals surface area contributed by atoms with Gasteiger partial charge in [0.25, 0.3) is 0 Å². The molecule has 0 aliphatic heterocycles. The third-order valence-corrected chi connectivity index (χ3v) is 2.94. The molecule has 0 bridgehead atoms. The van der Waals surface area contributed by atoms with Crippen molar-refractivity contribution in [2.75, 3.05) is 20.1 Å². The van der Waals surface area contributed by atoms with Gasteiger partial charge in [0.05, 0.1) is 11.8 Å². The van der Waals surface area contributed by atoms with Crippen molar-refractivity contribution in [3.63, 3.8) is 0 Å². The van der Waals surface area contributed by atoms with Crippen molar-refractivity contribution in [2.24, 2.45) is 0 Å². The maximum absolute atomic E-state index is 4.29. The highest BCUT2D eigenvalue weighted by molar-refractivity contribution is 5.70. The van der Waals surface area contributed by atoms with E-state index in [2.05, 4.69) is 39.5 Å². The number of nitrogens with zero attached hydrogens (tertiary/aromatic N) is 4. The van der Waals surface area contributed by atoms with E-state index in [1.165, 1.54) is 13.0 Å². The van der Waals surface area contributed by atoms with Crippen molar-refractivity contribution in [3.8, 4) is 0 Å². The molecule has 2 aromatic heterocycles. The molecule has 0 fully saturated rings. The molecule has 0 saturated carbocycles. The van der Waals surface area contributed by atoms with E-state index in [4.69, 9.17) is 0 Å². The molecule has 4 heteroatoms. The van der Waals surface area contributed by atoms with Gasteiger partial charge in [0, 0.05) is 12.7 Å². The minimum Gasteiger partial charge on any atom is -0.329 e. The Morgan fingerprint density at radius 2 is 2.18 bits per heavy atom. The Hall–Kier alpha value is -1.42. The second-order valence-corrected chi connectivity index (χ2v) is 4.44. The van der Waals surface area contributed by atoms with Crippen molar-refractivity contribution >= 4 is 11.2 Å². The Morgan fingerprint density at radius 1 is 1.29 bits per heavy atom. The number of hydrogen-bond donors (Lipinski definition) is 0. The van der Waals surface area contributed by atoms with Gasteiger partial charge in [-0.2, -0.15) is 0 Å². The van der Waals surface area contributed by atoms with Crippen molar-refractivity contribution in [2.45, 2.75) is 26.3 Å². The molecule has 0 amide bonds. The summed E-state index contributed by atoms with van der Waals surface area (Å²) in [7, 11) is 2.18. The molecule has 2 aromatic rings. The highest BCUT2D eigenvalue weighted by Gasteiger charge is 2.02. The number of rotatable bonds is 6. The lowest BCUT2D eigenvalue weighted by Gasteiger charge is -2.15. The highest BCUT2D eigenvalue weighted by atomic mass is 15.1. The number of fused-ring (bicyclic) bond motifs is 1. The van der Waals surface area contributed by atoms with Crippen molar-refractivity contribution in [1.29, 1.82) is 0 Å². The second-order valence-electron chi connectivity index (χ2n) is 4.44. The maximum Gasteiger partial charge on any atom is 0.177 e. The van der Waals surface area contributed by atoms with Crippen molar-refractivity contribution in [3.05, 3.63) is 24.7 Å². The topological polar surface area (TPSA) is 34.0 Å². The van der Waals surface area contributed by atoms with Crippen LogP contribution in [0.4, 0.5) is 0 Å². The lowest BCUT2D eigenvalue weighted by molar-refractivity contribution is 0.323. The van der Waals surface area contributed by atoms with Crippen LogP contribution >= 0.6 is 0 Å². The predicted molar refractivity (Wildman–Crippen MR) is 69.9 cm³/mol. The zero-order valence-electron chi connectivity index (χ0n) is 10.6. The molecule has 0 saturated heterocycles. The Labute approximate surface area is 102 Å². The fourth-order valence-corrected chi connectivity index (χ4v) is 2.08. The van der Waals surface area contributed by atoms with Gasteiger partial charge >= 0.3 is 0 Å². The first-order valence-corrected chi connectivity index (χ1v) is 6.25. The summed E-state index contributed by atoms with van der Waals surface area (Å²) < 4.78 is 2.18. The number of hydrogen-bond acceptors (Lipinski definition) is 3. The van der Waals surface area contributed by atoms with Crippen LogP contribution in [-0.2, 0) is 6.54 Å². The monoisotopic (exact) mass is 232 g/mol. The van der Waals surface area contributed by atoms with Crippen LogP contribution in [0.2, 0.25) is 0 Å². The summed E-state index contributed by atoms with van der Waals surface area (Å²) in [4.78, 5) is 10.9. The van der Waals surface area contributed by atoms with Gasteiger partial charge in [-0.15, -0.1) is 0 Å². The van der Waals surface area contributed by atoms with E-state index in [-0.39, 0.29) is 0 Å². The fourth-order valence-electron chi connectivity index (χ4n) is 2.08. The Morgan fingerprint density at radius 3 is 3.00 bits per heavy atom. The molecule has 2 heterocycles. The summed E-state index contributed by atoms with van der Waals surface area (Å²) in [6, 6.07) is 4.04. The summed E-state index contributed by atoms with van der Waals surface area (Å²) in [5.74, 6) is 0. The van der Waals surface area contributed by atoms with Gasteiger partial charge in [0.15, 0.2) is 5.65 Å². The molecule has 0 aromatic carbocycles. The Balaban J connectivity index is 1.91. The van der Waals surface area contributed by atoms with E-state index in [9.17, 15) is 0 Å². The van der Waals surface area contributed by atoms with E-state index in [1.807, 2.05) is 12.4 Å². The molecule has 92 valence electrons.